The van der Waals surface area contributed by atoms with E-state index in [-0.39, 0.29) is 5.41 Å². The van der Waals surface area contributed by atoms with Gasteiger partial charge in [0.25, 0.3) is 0 Å². The first-order valence-electron chi connectivity index (χ1n) is 8.41. The molecule has 6 atom stereocenters. The molecule has 4 aliphatic carbocycles. The van der Waals surface area contributed by atoms with Gasteiger partial charge in [-0.25, -0.2) is 0 Å². The molecule has 0 aromatic heterocycles. The third-order valence-electron chi connectivity index (χ3n) is 7.68. The number of ether oxygens (including phenoxy) is 1. The van der Waals surface area contributed by atoms with E-state index in [4.69, 9.17) is 4.74 Å². The number of hydrogen-bond donors (Lipinski definition) is 0. The molecule has 2 spiro atoms. The first-order chi connectivity index (χ1) is 9.26. The van der Waals surface area contributed by atoms with Crippen LogP contribution in [0.25, 0.3) is 0 Å². The number of ketones is 1. The quantitative estimate of drug-likeness (QED) is 0.667. The average molecular weight is 260 g/mol. The van der Waals surface area contributed by atoms with Gasteiger partial charge in [0.1, 0.15) is 5.78 Å². The molecular weight excluding hydrogens is 236 g/mol. The van der Waals surface area contributed by atoms with Crippen LogP contribution in [0.4, 0.5) is 0 Å². The van der Waals surface area contributed by atoms with Crippen LogP contribution in [0, 0.1) is 28.6 Å². The van der Waals surface area contributed by atoms with Crippen LogP contribution >= 0.6 is 0 Å². The van der Waals surface area contributed by atoms with Gasteiger partial charge in [0.15, 0.2) is 0 Å². The molecule has 0 radical (unpaired) electrons. The number of hydrogen-bond acceptors (Lipinski definition) is 2. The molecule has 0 N–H and O–H groups in total. The number of Topliss-reactive ketones (excluding diaryl/α,β-unsaturated/α-hetero) is 1. The smallest absolute Gasteiger partial charge is 0.142 e. The molecular formula is C17H24O2. The van der Waals surface area contributed by atoms with Gasteiger partial charge in [0.05, 0.1) is 18.1 Å². The third-order valence-corrected chi connectivity index (χ3v) is 7.68. The third kappa shape index (κ3) is 1.13. The Bertz CT molecular complexity index is 441. The highest BCUT2D eigenvalue weighted by atomic mass is 16.5. The zero-order chi connectivity index (χ0) is 12.7. The van der Waals surface area contributed by atoms with E-state index in [1.54, 1.807) is 0 Å². The Morgan fingerprint density at radius 3 is 3.05 bits per heavy atom. The van der Waals surface area contributed by atoms with E-state index < -0.39 is 0 Å². The fraction of sp³-hybridized carbons (Fsp3) is 0.941. The zero-order valence-electron chi connectivity index (χ0n) is 11.7. The van der Waals surface area contributed by atoms with E-state index in [0.29, 0.717) is 29.1 Å². The number of carbonyl (C=O) groups is 1. The Morgan fingerprint density at radius 2 is 2.11 bits per heavy atom. The highest BCUT2D eigenvalue weighted by molar-refractivity contribution is 5.89. The summed E-state index contributed by atoms with van der Waals surface area (Å²) in [7, 11) is 0. The lowest BCUT2D eigenvalue weighted by Crippen LogP contribution is -2.67. The van der Waals surface area contributed by atoms with Crippen molar-refractivity contribution in [2.75, 3.05) is 6.61 Å². The van der Waals surface area contributed by atoms with Crippen LogP contribution in [0.2, 0.25) is 0 Å². The summed E-state index contributed by atoms with van der Waals surface area (Å²) in [6.45, 7) is 0.979. The van der Waals surface area contributed by atoms with Gasteiger partial charge in [0.2, 0.25) is 0 Å². The Morgan fingerprint density at radius 1 is 1.16 bits per heavy atom. The van der Waals surface area contributed by atoms with Crippen molar-refractivity contribution in [3.8, 4) is 0 Å². The van der Waals surface area contributed by atoms with Gasteiger partial charge in [-0.1, -0.05) is 12.8 Å². The van der Waals surface area contributed by atoms with E-state index in [9.17, 15) is 4.79 Å². The van der Waals surface area contributed by atoms with Crippen LogP contribution in [-0.2, 0) is 9.53 Å². The molecule has 0 aromatic carbocycles. The topological polar surface area (TPSA) is 26.3 Å². The van der Waals surface area contributed by atoms with Gasteiger partial charge in [0, 0.05) is 11.8 Å². The van der Waals surface area contributed by atoms with Gasteiger partial charge in [-0.3, -0.25) is 4.79 Å². The van der Waals surface area contributed by atoms with Gasteiger partial charge in [-0.2, -0.15) is 0 Å². The minimum Gasteiger partial charge on any atom is -0.377 e. The molecule has 6 unspecified atom stereocenters. The minimum absolute atomic E-state index is 0.0188. The van der Waals surface area contributed by atoms with Crippen molar-refractivity contribution >= 4 is 5.78 Å². The summed E-state index contributed by atoms with van der Waals surface area (Å²) in [4.78, 5) is 12.8. The van der Waals surface area contributed by atoms with Crippen LogP contribution < -0.4 is 0 Å². The lowest BCUT2D eigenvalue weighted by molar-refractivity contribution is -0.267. The molecule has 6 aliphatic rings. The monoisotopic (exact) mass is 260 g/mol. The Kier molecular flexibility index (Phi) is 2.05. The number of rotatable bonds is 0. The Hall–Kier alpha value is -0.370. The molecule has 2 saturated heterocycles. The maximum atomic E-state index is 12.8. The van der Waals surface area contributed by atoms with Gasteiger partial charge in [-0.15, -0.1) is 0 Å². The average Bonchev–Trinajstić information content (AvgIpc) is 2.68. The second kappa shape index (κ2) is 3.44. The molecule has 2 heterocycles. The maximum Gasteiger partial charge on any atom is 0.142 e. The molecule has 0 amide bonds. The zero-order valence-corrected chi connectivity index (χ0v) is 11.7. The SMILES string of the molecule is O=C1CC2CCC3C45CCCCC4CC(OC5)C13C2. The highest BCUT2D eigenvalue weighted by Gasteiger charge is 2.71. The van der Waals surface area contributed by atoms with Crippen LogP contribution in [0.5, 0.6) is 0 Å². The normalized spacial score (nSPS) is 58.8. The van der Waals surface area contributed by atoms with Crippen molar-refractivity contribution in [3.63, 3.8) is 0 Å². The highest BCUT2D eigenvalue weighted by Crippen LogP contribution is 2.71. The molecule has 6 rings (SSSR count). The first kappa shape index (κ1) is 11.3. The van der Waals surface area contributed by atoms with E-state index in [0.717, 1.165) is 18.9 Å². The molecule has 6 fully saturated rings. The van der Waals surface area contributed by atoms with Gasteiger partial charge >= 0.3 is 0 Å². The lowest BCUT2D eigenvalue weighted by atomic mass is 9.42. The van der Waals surface area contributed by atoms with E-state index >= 15 is 0 Å². The number of fused-ring (bicyclic) bond motifs is 2. The maximum absolute atomic E-state index is 12.8. The molecule has 19 heavy (non-hydrogen) atoms. The molecule has 4 bridgehead atoms. The predicted molar refractivity (Wildman–Crippen MR) is 71.6 cm³/mol. The molecule has 4 saturated carbocycles. The van der Waals surface area contributed by atoms with Crippen LogP contribution in [0.15, 0.2) is 0 Å². The molecule has 104 valence electrons. The molecule has 2 nitrogen and oxygen atoms in total. The van der Waals surface area contributed by atoms with E-state index in [1.807, 2.05) is 0 Å². The first-order valence-corrected chi connectivity index (χ1v) is 8.41. The predicted octanol–water partition coefficient (Wildman–Crippen LogP) is 3.34. The van der Waals surface area contributed by atoms with Crippen molar-refractivity contribution in [2.45, 2.75) is 63.9 Å². The molecule has 0 aromatic rings. The summed E-state index contributed by atoms with van der Waals surface area (Å²) >= 11 is 0. The van der Waals surface area contributed by atoms with Crippen molar-refractivity contribution in [2.24, 2.45) is 28.6 Å². The summed E-state index contributed by atoms with van der Waals surface area (Å²) in [6, 6.07) is 0. The van der Waals surface area contributed by atoms with E-state index in [1.165, 1.54) is 51.4 Å². The molecule has 2 aliphatic heterocycles. The van der Waals surface area contributed by atoms with Crippen LogP contribution in [-0.4, -0.2) is 18.5 Å². The standard InChI is InChI=1S/C17H24O2/c18-14-7-11-4-5-13-16-6-2-1-3-12(16)8-15(19-10-16)17(13,14)9-11/h11-13,15H,1-10H2. The fourth-order valence-electron chi connectivity index (χ4n) is 7.03. The van der Waals surface area contributed by atoms with Crippen molar-refractivity contribution in [1.29, 1.82) is 0 Å². The number of carbonyl (C=O) groups excluding carboxylic acids is 1. The van der Waals surface area contributed by atoms with Crippen LogP contribution in [0.3, 0.4) is 0 Å². The summed E-state index contributed by atoms with van der Waals surface area (Å²) in [5, 5.41) is 0. The van der Waals surface area contributed by atoms with Crippen molar-refractivity contribution in [3.05, 3.63) is 0 Å². The Balaban J connectivity index is 1.66. The summed E-state index contributed by atoms with van der Waals surface area (Å²) in [5.41, 5.74) is 0.382. The fourth-order valence-corrected chi connectivity index (χ4v) is 7.03. The van der Waals surface area contributed by atoms with Crippen molar-refractivity contribution < 1.29 is 9.53 Å². The summed E-state index contributed by atoms with van der Waals surface area (Å²) < 4.78 is 6.28. The van der Waals surface area contributed by atoms with Crippen LogP contribution in [0.1, 0.15) is 57.8 Å². The lowest BCUT2D eigenvalue weighted by Gasteiger charge is -2.66. The summed E-state index contributed by atoms with van der Waals surface area (Å²) in [5.74, 6) is 2.85. The second-order valence-corrected chi connectivity index (χ2v) is 8.08. The summed E-state index contributed by atoms with van der Waals surface area (Å²) in [6.07, 6.45) is 11.7. The minimum atomic E-state index is -0.0188. The van der Waals surface area contributed by atoms with E-state index in [2.05, 4.69) is 0 Å². The van der Waals surface area contributed by atoms with Gasteiger partial charge < -0.3 is 4.74 Å². The van der Waals surface area contributed by atoms with Crippen molar-refractivity contribution in [1.82, 2.24) is 0 Å². The second-order valence-electron chi connectivity index (χ2n) is 8.08. The van der Waals surface area contributed by atoms with Gasteiger partial charge in [-0.05, 0) is 56.3 Å². The largest absolute Gasteiger partial charge is 0.377 e. The molecule has 2 heteroatoms. The Labute approximate surface area is 115 Å².